The summed E-state index contributed by atoms with van der Waals surface area (Å²) in [5.41, 5.74) is 1.22. The molecule has 0 fully saturated rings. The van der Waals surface area contributed by atoms with E-state index in [-0.39, 0.29) is 0 Å². The molecule has 0 aliphatic rings. The number of aryl methyl sites for hydroxylation is 1. The number of hydrogen-bond donors (Lipinski definition) is 4. The second-order valence-corrected chi connectivity index (χ2v) is 5.41. The fourth-order valence-electron chi connectivity index (χ4n) is 1.10. The standard InChI is InChI=1S/C7H8S2.C6H6S2/c1-5-2-3-6(8)7(9)4-5;7-5-3-1-2-4-6(5)8/h2-4,8-9H,1H3;1-4,7-8H. The van der Waals surface area contributed by atoms with Crippen LogP contribution in [0, 0.1) is 6.92 Å². The third-order valence-corrected chi connectivity index (χ3v) is 3.91. The van der Waals surface area contributed by atoms with E-state index in [1.807, 2.05) is 49.4 Å². The summed E-state index contributed by atoms with van der Waals surface area (Å²) >= 11 is 16.6. The normalized spacial score (nSPS) is 9.47. The number of benzene rings is 2. The van der Waals surface area contributed by atoms with Crippen LogP contribution in [-0.2, 0) is 0 Å². The number of hydrogen-bond acceptors (Lipinski definition) is 4. The van der Waals surface area contributed by atoms with E-state index < -0.39 is 0 Å². The van der Waals surface area contributed by atoms with Crippen molar-refractivity contribution in [1.82, 2.24) is 0 Å². The lowest BCUT2D eigenvalue weighted by Crippen LogP contribution is -1.73. The van der Waals surface area contributed by atoms with Crippen LogP contribution in [-0.4, -0.2) is 0 Å². The molecule has 17 heavy (non-hydrogen) atoms. The molecule has 2 aromatic rings. The molecule has 0 aromatic heterocycles. The molecule has 2 aromatic carbocycles. The zero-order chi connectivity index (χ0) is 12.8. The van der Waals surface area contributed by atoms with E-state index >= 15 is 0 Å². The molecule has 0 aliphatic carbocycles. The Bertz CT molecular complexity index is 474. The highest BCUT2D eigenvalue weighted by atomic mass is 32.1. The molecule has 0 saturated carbocycles. The Morgan fingerprint density at radius 1 is 0.647 bits per heavy atom. The third kappa shape index (κ3) is 5.34. The molecule has 0 atom stereocenters. The van der Waals surface area contributed by atoms with Crippen molar-refractivity contribution in [2.24, 2.45) is 0 Å². The summed E-state index contributed by atoms with van der Waals surface area (Å²) in [6, 6.07) is 13.6. The van der Waals surface area contributed by atoms with Crippen LogP contribution < -0.4 is 0 Å². The monoisotopic (exact) mass is 298 g/mol. The smallest absolute Gasteiger partial charge is 0.0176 e. The highest BCUT2D eigenvalue weighted by Gasteiger charge is 1.91. The van der Waals surface area contributed by atoms with Crippen molar-refractivity contribution < 1.29 is 0 Å². The maximum absolute atomic E-state index is 4.19. The Labute approximate surface area is 124 Å². The molecular formula is C13H14S4. The van der Waals surface area contributed by atoms with Gasteiger partial charge in [-0.05, 0) is 36.8 Å². The second-order valence-electron chi connectivity index (χ2n) is 3.48. The quantitative estimate of drug-likeness (QED) is 0.492. The van der Waals surface area contributed by atoms with E-state index in [4.69, 9.17) is 0 Å². The van der Waals surface area contributed by atoms with Crippen LogP contribution in [0.3, 0.4) is 0 Å². The average Bonchev–Trinajstić information content (AvgIpc) is 2.29. The van der Waals surface area contributed by atoms with Gasteiger partial charge in [0.2, 0.25) is 0 Å². The van der Waals surface area contributed by atoms with Crippen LogP contribution in [0.5, 0.6) is 0 Å². The van der Waals surface area contributed by atoms with Gasteiger partial charge in [-0.15, -0.1) is 50.5 Å². The van der Waals surface area contributed by atoms with Crippen molar-refractivity contribution in [3.8, 4) is 0 Å². The highest BCUT2D eigenvalue weighted by Crippen LogP contribution is 2.18. The Balaban J connectivity index is 0.000000171. The van der Waals surface area contributed by atoms with E-state index in [1.165, 1.54) is 5.56 Å². The van der Waals surface area contributed by atoms with Crippen molar-refractivity contribution in [3.05, 3.63) is 48.0 Å². The number of thiol groups is 4. The summed E-state index contributed by atoms with van der Waals surface area (Å²) in [6.45, 7) is 2.03. The first kappa shape index (κ1) is 14.9. The molecule has 0 unspecified atom stereocenters. The summed E-state index contributed by atoms with van der Waals surface area (Å²) in [5.74, 6) is 0. The van der Waals surface area contributed by atoms with Gasteiger partial charge in [0.05, 0.1) is 0 Å². The first-order valence-corrected chi connectivity index (χ1v) is 6.75. The van der Waals surface area contributed by atoms with Crippen LogP contribution in [0.15, 0.2) is 62.0 Å². The highest BCUT2D eigenvalue weighted by molar-refractivity contribution is 7.83. The third-order valence-electron chi connectivity index (χ3n) is 2.01. The van der Waals surface area contributed by atoms with Crippen LogP contribution in [0.25, 0.3) is 0 Å². The van der Waals surface area contributed by atoms with Crippen molar-refractivity contribution in [3.63, 3.8) is 0 Å². The van der Waals surface area contributed by atoms with Crippen LogP contribution in [0.2, 0.25) is 0 Å². The van der Waals surface area contributed by atoms with Gasteiger partial charge in [-0.3, -0.25) is 0 Å². The second kappa shape index (κ2) is 7.31. The van der Waals surface area contributed by atoms with Gasteiger partial charge in [-0.1, -0.05) is 18.2 Å². The van der Waals surface area contributed by atoms with Gasteiger partial charge >= 0.3 is 0 Å². The lowest BCUT2D eigenvalue weighted by molar-refractivity contribution is 1.23. The molecule has 0 nitrogen and oxygen atoms in total. The fraction of sp³-hybridized carbons (Fsp3) is 0.0769. The minimum Gasteiger partial charge on any atom is -0.142 e. The molecule has 0 N–H and O–H groups in total. The topological polar surface area (TPSA) is 0 Å². The van der Waals surface area contributed by atoms with Crippen molar-refractivity contribution in [2.45, 2.75) is 26.5 Å². The van der Waals surface area contributed by atoms with Crippen LogP contribution in [0.1, 0.15) is 5.56 Å². The van der Waals surface area contributed by atoms with E-state index in [2.05, 4.69) is 50.5 Å². The molecular weight excluding hydrogens is 284 g/mol. The average molecular weight is 299 g/mol. The largest absolute Gasteiger partial charge is 0.142 e. The lowest BCUT2D eigenvalue weighted by Gasteiger charge is -1.96. The van der Waals surface area contributed by atoms with Crippen molar-refractivity contribution in [1.29, 1.82) is 0 Å². The first-order valence-electron chi connectivity index (χ1n) is 4.96. The van der Waals surface area contributed by atoms with Crippen LogP contribution >= 0.6 is 50.5 Å². The Hall–Kier alpha value is -0.160. The van der Waals surface area contributed by atoms with E-state index in [0.29, 0.717) is 0 Å². The van der Waals surface area contributed by atoms with Gasteiger partial charge in [-0.2, -0.15) is 0 Å². The molecule has 0 saturated heterocycles. The Kier molecular flexibility index (Phi) is 6.41. The Morgan fingerprint density at radius 3 is 1.47 bits per heavy atom. The van der Waals surface area contributed by atoms with E-state index in [0.717, 1.165) is 19.6 Å². The molecule has 4 heteroatoms. The van der Waals surface area contributed by atoms with E-state index in [1.54, 1.807) is 0 Å². The molecule has 0 heterocycles. The minimum atomic E-state index is 0.927. The maximum Gasteiger partial charge on any atom is 0.0176 e. The molecule has 90 valence electrons. The summed E-state index contributed by atoms with van der Waals surface area (Å²) in [7, 11) is 0. The predicted molar refractivity (Wildman–Crippen MR) is 86.6 cm³/mol. The molecule has 0 aliphatic heterocycles. The summed E-state index contributed by atoms with van der Waals surface area (Å²) in [4.78, 5) is 3.73. The van der Waals surface area contributed by atoms with Gasteiger partial charge in [0, 0.05) is 19.6 Å². The maximum atomic E-state index is 4.19. The fourth-order valence-corrected chi connectivity index (χ4v) is 1.84. The molecule has 0 radical (unpaired) electrons. The first-order chi connectivity index (χ1) is 8.00. The van der Waals surface area contributed by atoms with Gasteiger partial charge in [-0.25, -0.2) is 0 Å². The predicted octanol–water partition coefficient (Wildman–Crippen LogP) is 4.84. The minimum absolute atomic E-state index is 0.927. The van der Waals surface area contributed by atoms with E-state index in [9.17, 15) is 0 Å². The SMILES string of the molecule is Cc1ccc(S)c(S)c1.Sc1ccccc1S. The molecule has 0 spiro atoms. The molecule has 0 bridgehead atoms. The van der Waals surface area contributed by atoms with Crippen LogP contribution in [0.4, 0.5) is 0 Å². The molecule has 0 amide bonds. The van der Waals surface area contributed by atoms with Crippen molar-refractivity contribution >= 4 is 50.5 Å². The Morgan fingerprint density at radius 2 is 1.12 bits per heavy atom. The summed E-state index contributed by atoms with van der Waals surface area (Å²) in [6.07, 6.45) is 0. The van der Waals surface area contributed by atoms with Gasteiger partial charge in [0.15, 0.2) is 0 Å². The summed E-state index contributed by atoms with van der Waals surface area (Å²) in [5, 5.41) is 0. The zero-order valence-electron chi connectivity index (χ0n) is 9.33. The zero-order valence-corrected chi connectivity index (χ0v) is 12.9. The van der Waals surface area contributed by atoms with Gasteiger partial charge in [0.1, 0.15) is 0 Å². The lowest BCUT2D eigenvalue weighted by atomic mass is 10.2. The molecule has 2 rings (SSSR count). The van der Waals surface area contributed by atoms with Crippen molar-refractivity contribution in [2.75, 3.05) is 0 Å². The van der Waals surface area contributed by atoms with Gasteiger partial charge in [0.25, 0.3) is 0 Å². The summed E-state index contributed by atoms with van der Waals surface area (Å²) < 4.78 is 0. The van der Waals surface area contributed by atoms with Gasteiger partial charge < -0.3 is 0 Å². The number of rotatable bonds is 0.